The van der Waals surface area contributed by atoms with E-state index in [4.69, 9.17) is 0 Å². The van der Waals surface area contributed by atoms with Gasteiger partial charge in [0.25, 0.3) is 0 Å². The van der Waals surface area contributed by atoms with Crippen LogP contribution in [0.5, 0.6) is 0 Å². The van der Waals surface area contributed by atoms with Crippen LogP contribution in [0.1, 0.15) is 32.3 Å². The summed E-state index contributed by atoms with van der Waals surface area (Å²) in [6, 6.07) is 6.05. The predicted molar refractivity (Wildman–Crippen MR) is 78.5 cm³/mol. The molecule has 1 unspecified atom stereocenters. The molecule has 0 heterocycles. The number of hydrogen-bond donors (Lipinski definition) is 2. The third-order valence-corrected chi connectivity index (χ3v) is 2.76. The van der Waals surface area contributed by atoms with Crippen molar-refractivity contribution in [1.29, 1.82) is 0 Å². The van der Waals surface area contributed by atoms with Crippen molar-refractivity contribution in [3.05, 3.63) is 41.7 Å². The van der Waals surface area contributed by atoms with Crippen molar-refractivity contribution in [1.82, 2.24) is 5.32 Å². The van der Waals surface area contributed by atoms with Crippen LogP contribution in [0.4, 0.5) is 4.39 Å². The molecule has 1 amide bonds. The maximum absolute atomic E-state index is 12.7. The predicted octanol–water partition coefficient (Wildman–Crippen LogP) is 2.75. The van der Waals surface area contributed by atoms with Crippen molar-refractivity contribution >= 4 is 12.0 Å². The summed E-state index contributed by atoms with van der Waals surface area (Å²) in [6.45, 7) is 4.33. The minimum atomic E-state index is -0.500. The number of carbonyl (C=O) groups excluding carboxylic acids is 1. The number of nitrogens with one attached hydrogen (secondary N) is 1. The Kier molecular flexibility index (Phi) is 6.94. The number of aliphatic hydroxyl groups is 1. The molecule has 0 fully saturated rings. The molecule has 4 heteroatoms. The number of amides is 1. The van der Waals surface area contributed by atoms with E-state index in [1.807, 2.05) is 13.8 Å². The van der Waals surface area contributed by atoms with E-state index in [-0.39, 0.29) is 24.7 Å². The second-order valence-corrected chi connectivity index (χ2v) is 5.25. The van der Waals surface area contributed by atoms with Gasteiger partial charge in [-0.05, 0) is 30.0 Å². The standard InChI is InChI=1S/C16H22FNO2/c1-12(2)10-15(19)11-18-16(20)5-3-4-13-6-8-14(17)9-7-13/h3-4,6-9,12,15,19H,5,10-11H2,1-2H3,(H,18,20)/b4-3+. The van der Waals surface area contributed by atoms with Crippen LogP contribution in [0.3, 0.4) is 0 Å². The van der Waals surface area contributed by atoms with Crippen LogP contribution in [0, 0.1) is 11.7 Å². The third-order valence-electron chi connectivity index (χ3n) is 2.76. The van der Waals surface area contributed by atoms with E-state index in [9.17, 15) is 14.3 Å². The molecule has 0 aliphatic rings. The lowest BCUT2D eigenvalue weighted by molar-refractivity contribution is -0.120. The van der Waals surface area contributed by atoms with Crippen molar-refractivity contribution in [2.45, 2.75) is 32.8 Å². The second-order valence-electron chi connectivity index (χ2n) is 5.25. The first-order valence-corrected chi connectivity index (χ1v) is 6.84. The molecule has 0 aliphatic carbocycles. The molecule has 0 bridgehead atoms. The van der Waals surface area contributed by atoms with Crippen LogP contribution < -0.4 is 5.32 Å². The summed E-state index contributed by atoms with van der Waals surface area (Å²) in [5, 5.41) is 12.3. The van der Waals surface area contributed by atoms with E-state index in [1.54, 1.807) is 24.3 Å². The minimum absolute atomic E-state index is 0.133. The maximum atomic E-state index is 12.7. The van der Waals surface area contributed by atoms with Crippen molar-refractivity contribution in [3.8, 4) is 0 Å². The summed E-state index contributed by atoms with van der Waals surface area (Å²) in [4.78, 5) is 11.5. The molecule has 2 N–H and O–H groups in total. The van der Waals surface area contributed by atoms with Crippen molar-refractivity contribution in [2.24, 2.45) is 5.92 Å². The number of rotatable bonds is 7. The van der Waals surface area contributed by atoms with Crippen LogP contribution in [0.25, 0.3) is 6.08 Å². The first kappa shape index (κ1) is 16.4. The molecular formula is C16H22FNO2. The fourth-order valence-corrected chi connectivity index (χ4v) is 1.81. The molecule has 1 aromatic carbocycles. The molecule has 0 saturated carbocycles. The molecule has 0 saturated heterocycles. The lowest BCUT2D eigenvalue weighted by Gasteiger charge is -2.13. The Balaban J connectivity index is 2.27. The van der Waals surface area contributed by atoms with E-state index in [1.165, 1.54) is 12.1 Å². The molecule has 1 atom stereocenters. The van der Waals surface area contributed by atoms with Gasteiger partial charge in [-0.1, -0.05) is 38.1 Å². The van der Waals surface area contributed by atoms with Gasteiger partial charge in [-0.25, -0.2) is 4.39 Å². The monoisotopic (exact) mass is 279 g/mol. The van der Waals surface area contributed by atoms with E-state index in [0.29, 0.717) is 12.3 Å². The van der Waals surface area contributed by atoms with E-state index >= 15 is 0 Å². The highest BCUT2D eigenvalue weighted by molar-refractivity contribution is 5.78. The molecule has 0 aliphatic heterocycles. The molecule has 1 aromatic rings. The van der Waals surface area contributed by atoms with E-state index in [0.717, 1.165) is 5.56 Å². The van der Waals surface area contributed by atoms with Crippen LogP contribution in [-0.4, -0.2) is 23.7 Å². The minimum Gasteiger partial charge on any atom is -0.391 e. The summed E-state index contributed by atoms with van der Waals surface area (Å²) in [6.07, 6.45) is 3.90. The fourth-order valence-electron chi connectivity index (χ4n) is 1.81. The van der Waals surface area contributed by atoms with Crippen LogP contribution in [0.15, 0.2) is 30.3 Å². The normalized spacial score (nSPS) is 12.8. The van der Waals surface area contributed by atoms with Gasteiger partial charge in [0.05, 0.1) is 6.10 Å². The van der Waals surface area contributed by atoms with Crippen molar-refractivity contribution in [3.63, 3.8) is 0 Å². The Labute approximate surface area is 119 Å². The summed E-state index contributed by atoms with van der Waals surface area (Å²) in [5.41, 5.74) is 0.846. The highest BCUT2D eigenvalue weighted by atomic mass is 19.1. The number of aliphatic hydroxyl groups excluding tert-OH is 1. The molecule has 0 spiro atoms. The van der Waals surface area contributed by atoms with E-state index in [2.05, 4.69) is 5.32 Å². The Hall–Kier alpha value is -1.68. The first-order chi connectivity index (χ1) is 9.47. The molecule has 1 rings (SSSR count). The topological polar surface area (TPSA) is 49.3 Å². The molecule has 110 valence electrons. The van der Waals surface area contributed by atoms with Gasteiger partial charge in [-0.2, -0.15) is 0 Å². The largest absolute Gasteiger partial charge is 0.391 e. The number of hydrogen-bond acceptors (Lipinski definition) is 2. The molecule has 3 nitrogen and oxygen atoms in total. The quantitative estimate of drug-likeness (QED) is 0.806. The molecule has 0 radical (unpaired) electrons. The van der Waals surface area contributed by atoms with Gasteiger partial charge in [0.2, 0.25) is 5.91 Å². The SMILES string of the molecule is CC(C)CC(O)CNC(=O)C/C=C/c1ccc(F)cc1. The number of carbonyl (C=O) groups is 1. The zero-order chi connectivity index (χ0) is 15.0. The summed E-state index contributed by atoms with van der Waals surface area (Å²) in [7, 11) is 0. The van der Waals surface area contributed by atoms with Gasteiger partial charge >= 0.3 is 0 Å². The summed E-state index contributed by atoms with van der Waals surface area (Å²) in [5.74, 6) is -0.00882. The van der Waals surface area contributed by atoms with Crippen LogP contribution in [0.2, 0.25) is 0 Å². The molecule has 0 aromatic heterocycles. The fraction of sp³-hybridized carbons (Fsp3) is 0.438. The lowest BCUT2D eigenvalue weighted by Crippen LogP contribution is -2.32. The average Bonchev–Trinajstić information content (AvgIpc) is 2.38. The van der Waals surface area contributed by atoms with Crippen LogP contribution in [-0.2, 0) is 4.79 Å². The second kappa shape index (κ2) is 8.48. The summed E-state index contributed by atoms with van der Waals surface area (Å²) >= 11 is 0. The first-order valence-electron chi connectivity index (χ1n) is 6.84. The number of halogens is 1. The maximum Gasteiger partial charge on any atom is 0.223 e. The Morgan fingerprint density at radius 3 is 2.60 bits per heavy atom. The van der Waals surface area contributed by atoms with Gasteiger partial charge in [-0.3, -0.25) is 4.79 Å². The van der Waals surface area contributed by atoms with Gasteiger partial charge in [0.1, 0.15) is 5.82 Å². The molecular weight excluding hydrogens is 257 g/mol. The Morgan fingerprint density at radius 2 is 2.00 bits per heavy atom. The Morgan fingerprint density at radius 1 is 1.35 bits per heavy atom. The highest BCUT2D eigenvalue weighted by Gasteiger charge is 2.07. The lowest BCUT2D eigenvalue weighted by atomic mass is 10.1. The van der Waals surface area contributed by atoms with Gasteiger partial charge in [-0.15, -0.1) is 0 Å². The van der Waals surface area contributed by atoms with Gasteiger partial charge < -0.3 is 10.4 Å². The average molecular weight is 279 g/mol. The smallest absolute Gasteiger partial charge is 0.223 e. The van der Waals surface area contributed by atoms with Gasteiger partial charge in [0, 0.05) is 13.0 Å². The molecule has 20 heavy (non-hydrogen) atoms. The summed E-state index contributed by atoms with van der Waals surface area (Å²) < 4.78 is 12.7. The van der Waals surface area contributed by atoms with Crippen molar-refractivity contribution in [2.75, 3.05) is 6.54 Å². The van der Waals surface area contributed by atoms with Crippen molar-refractivity contribution < 1.29 is 14.3 Å². The Bertz CT molecular complexity index is 440. The third kappa shape index (κ3) is 7.04. The van der Waals surface area contributed by atoms with Gasteiger partial charge in [0.15, 0.2) is 0 Å². The zero-order valence-corrected chi connectivity index (χ0v) is 12.0. The number of benzene rings is 1. The zero-order valence-electron chi connectivity index (χ0n) is 12.0. The highest BCUT2D eigenvalue weighted by Crippen LogP contribution is 2.05. The van der Waals surface area contributed by atoms with E-state index < -0.39 is 6.10 Å². The van der Waals surface area contributed by atoms with Crippen LogP contribution >= 0.6 is 0 Å².